The largest absolute Gasteiger partial charge is 0.294 e. The Morgan fingerprint density at radius 3 is 2.59 bits per heavy atom. The summed E-state index contributed by atoms with van der Waals surface area (Å²) in [5.74, 6) is -2.01. The molecule has 2 aliphatic rings. The summed E-state index contributed by atoms with van der Waals surface area (Å²) in [6, 6.07) is 10.1. The third-order valence-corrected chi connectivity index (χ3v) is 5.67. The molecule has 148 valence electrons. The molecular formula is C21H16ClFN2O4. The number of carbonyl (C=O) groups is 2. The van der Waals surface area contributed by atoms with Crippen LogP contribution in [0.3, 0.4) is 0 Å². The number of amides is 1. The molecule has 6 nitrogen and oxygen atoms in total. The van der Waals surface area contributed by atoms with Crippen molar-refractivity contribution in [2.45, 2.75) is 31.6 Å². The highest BCUT2D eigenvalue weighted by Crippen LogP contribution is 2.46. The molecule has 1 unspecified atom stereocenters. The number of Topliss-reactive ketones (excluding diaryl/α,β-unsaturated/α-hetero) is 1. The van der Waals surface area contributed by atoms with Crippen LogP contribution >= 0.6 is 11.6 Å². The number of hydrogen-bond donors (Lipinski definition) is 0. The molecule has 0 spiro atoms. The van der Waals surface area contributed by atoms with Gasteiger partial charge in [0.05, 0.1) is 4.92 Å². The SMILES string of the molecule is O=C1CCCC2=C1C(c1c(F)cccc1Cl)CC(=O)N2c1ccccc1[N+](=O)[O-]. The van der Waals surface area contributed by atoms with Crippen molar-refractivity contribution in [2.24, 2.45) is 0 Å². The summed E-state index contributed by atoms with van der Waals surface area (Å²) in [6.45, 7) is 0. The maximum Gasteiger partial charge on any atom is 0.293 e. The van der Waals surface area contributed by atoms with E-state index in [2.05, 4.69) is 0 Å². The number of hydrogen-bond acceptors (Lipinski definition) is 4. The van der Waals surface area contributed by atoms with Gasteiger partial charge < -0.3 is 0 Å². The van der Waals surface area contributed by atoms with E-state index in [1.165, 1.54) is 41.3 Å². The molecule has 0 radical (unpaired) electrons. The van der Waals surface area contributed by atoms with Crippen molar-refractivity contribution in [3.63, 3.8) is 0 Å². The van der Waals surface area contributed by atoms with Crippen LogP contribution in [0, 0.1) is 15.9 Å². The second-order valence-electron chi connectivity index (χ2n) is 7.00. The summed E-state index contributed by atoms with van der Waals surface area (Å²) in [6.07, 6.45) is 0.985. The molecular weight excluding hydrogens is 399 g/mol. The molecule has 4 rings (SSSR count). The highest BCUT2D eigenvalue weighted by molar-refractivity contribution is 6.31. The third kappa shape index (κ3) is 3.21. The van der Waals surface area contributed by atoms with E-state index in [9.17, 15) is 24.1 Å². The van der Waals surface area contributed by atoms with Crippen LogP contribution in [0.25, 0.3) is 0 Å². The lowest BCUT2D eigenvalue weighted by Crippen LogP contribution is -2.41. The second kappa shape index (κ2) is 7.40. The van der Waals surface area contributed by atoms with Gasteiger partial charge in [0.25, 0.3) is 5.69 Å². The number of nitro groups is 1. The summed E-state index contributed by atoms with van der Waals surface area (Å²) < 4.78 is 14.6. The maximum atomic E-state index is 14.6. The molecule has 1 amide bonds. The molecule has 8 heteroatoms. The third-order valence-electron chi connectivity index (χ3n) is 5.34. The molecule has 29 heavy (non-hydrogen) atoms. The molecule has 0 saturated heterocycles. The van der Waals surface area contributed by atoms with Crippen LogP contribution in [0.4, 0.5) is 15.8 Å². The molecule has 2 aromatic carbocycles. The van der Waals surface area contributed by atoms with E-state index in [1.807, 2.05) is 0 Å². The normalized spacial score (nSPS) is 19.4. The highest BCUT2D eigenvalue weighted by atomic mass is 35.5. The number of anilines is 1. The second-order valence-corrected chi connectivity index (χ2v) is 7.41. The van der Waals surface area contributed by atoms with E-state index in [0.717, 1.165) is 0 Å². The number of nitro benzene ring substituents is 1. The van der Waals surface area contributed by atoms with Crippen LogP contribution in [-0.2, 0) is 9.59 Å². The van der Waals surface area contributed by atoms with Crippen molar-refractivity contribution in [3.8, 4) is 0 Å². The van der Waals surface area contributed by atoms with Crippen molar-refractivity contribution < 1.29 is 18.9 Å². The lowest BCUT2D eigenvalue weighted by molar-refractivity contribution is -0.384. The van der Waals surface area contributed by atoms with Crippen LogP contribution in [-0.4, -0.2) is 16.6 Å². The van der Waals surface area contributed by atoms with E-state index >= 15 is 0 Å². The van der Waals surface area contributed by atoms with Crippen molar-refractivity contribution in [3.05, 3.63) is 80.3 Å². The van der Waals surface area contributed by atoms with Gasteiger partial charge in [0.1, 0.15) is 11.5 Å². The molecule has 0 N–H and O–H groups in total. The Labute approximate surface area is 170 Å². The van der Waals surface area contributed by atoms with E-state index in [1.54, 1.807) is 6.07 Å². The number of benzene rings is 2. The van der Waals surface area contributed by atoms with E-state index < -0.39 is 22.6 Å². The number of para-hydroxylation sites is 2. The first-order chi connectivity index (χ1) is 13.9. The smallest absolute Gasteiger partial charge is 0.293 e. The topological polar surface area (TPSA) is 80.5 Å². The average molecular weight is 415 g/mol. The van der Waals surface area contributed by atoms with Crippen molar-refractivity contribution in [1.29, 1.82) is 0 Å². The number of nitrogens with zero attached hydrogens (tertiary/aromatic N) is 2. The van der Waals surface area contributed by atoms with Gasteiger partial charge in [-0.2, -0.15) is 0 Å². The average Bonchev–Trinajstić information content (AvgIpc) is 2.68. The van der Waals surface area contributed by atoms with E-state index in [0.29, 0.717) is 24.1 Å². The molecule has 0 fully saturated rings. The van der Waals surface area contributed by atoms with Gasteiger partial charge in [0.2, 0.25) is 5.91 Å². The molecule has 1 aliphatic carbocycles. The molecule has 0 bridgehead atoms. The Bertz CT molecular complexity index is 1060. The van der Waals surface area contributed by atoms with Gasteiger partial charge in [0, 0.05) is 46.7 Å². The highest BCUT2D eigenvalue weighted by Gasteiger charge is 2.42. The fourth-order valence-corrected chi connectivity index (χ4v) is 4.46. The molecule has 2 aromatic rings. The number of carbonyl (C=O) groups excluding carboxylic acids is 2. The fraction of sp³-hybridized carbons (Fsp3) is 0.238. The number of ketones is 1. The minimum absolute atomic E-state index is 0.114. The van der Waals surface area contributed by atoms with Gasteiger partial charge in [-0.1, -0.05) is 29.8 Å². The lowest BCUT2D eigenvalue weighted by atomic mass is 9.77. The monoisotopic (exact) mass is 414 g/mol. The Hall–Kier alpha value is -3.06. The number of allylic oxidation sites excluding steroid dienone is 2. The van der Waals surface area contributed by atoms with E-state index in [4.69, 9.17) is 11.6 Å². The Balaban J connectivity index is 1.94. The van der Waals surface area contributed by atoms with Crippen molar-refractivity contribution in [1.82, 2.24) is 0 Å². The molecule has 0 saturated carbocycles. The predicted octanol–water partition coefficient (Wildman–Crippen LogP) is 4.91. The van der Waals surface area contributed by atoms with Crippen LogP contribution in [0.2, 0.25) is 5.02 Å². The molecule has 1 aliphatic heterocycles. The Morgan fingerprint density at radius 2 is 1.86 bits per heavy atom. The van der Waals surface area contributed by atoms with Crippen molar-refractivity contribution >= 4 is 34.7 Å². The lowest BCUT2D eigenvalue weighted by Gasteiger charge is -2.38. The van der Waals surface area contributed by atoms with Crippen LogP contribution in [0.5, 0.6) is 0 Å². The van der Waals surface area contributed by atoms with E-state index in [-0.39, 0.29) is 40.6 Å². The zero-order chi connectivity index (χ0) is 20.7. The standard InChI is InChI=1S/C21H16ClFN2O4/c22-13-5-3-6-14(23)20(13)12-11-19(27)24(17-9-4-10-18(26)21(12)17)15-7-1-2-8-16(15)25(28)29/h1-3,5-8,12H,4,9-11H2. The van der Waals surface area contributed by atoms with Crippen LogP contribution < -0.4 is 4.90 Å². The van der Waals surface area contributed by atoms with Gasteiger partial charge in [-0.05, 0) is 31.0 Å². The van der Waals surface area contributed by atoms with Gasteiger partial charge >= 0.3 is 0 Å². The molecule has 1 atom stereocenters. The molecule has 0 aromatic heterocycles. The van der Waals surface area contributed by atoms with Gasteiger partial charge in [-0.15, -0.1) is 0 Å². The Morgan fingerprint density at radius 1 is 1.10 bits per heavy atom. The van der Waals surface area contributed by atoms with Gasteiger partial charge in [-0.25, -0.2) is 4.39 Å². The molecule has 1 heterocycles. The summed E-state index contributed by atoms with van der Waals surface area (Å²) in [7, 11) is 0. The first-order valence-electron chi connectivity index (χ1n) is 9.16. The van der Waals surface area contributed by atoms with Crippen LogP contribution in [0.1, 0.15) is 37.2 Å². The fourth-order valence-electron chi connectivity index (χ4n) is 4.17. The summed E-state index contributed by atoms with van der Waals surface area (Å²) in [5, 5.41) is 11.6. The maximum absolute atomic E-state index is 14.6. The van der Waals surface area contributed by atoms with Gasteiger partial charge in [-0.3, -0.25) is 24.6 Å². The first-order valence-corrected chi connectivity index (χ1v) is 9.54. The zero-order valence-electron chi connectivity index (χ0n) is 15.2. The Kier molecular flexibility index (Phi) is 4.92. The number of rotatable bonds is 3. The minimum Gasteiger partial charge on any atom is -0.294 e. The summed E-state index contributed by atoms with van der Waals surface area (Å²) in [5.41, 5.74) is 0.723. The first kappa shape index (κ1) is 19.3. The zero-order valence-corrected chi connectivity index (χ0v) is 16.0. The predicted molar refractivity (Wildman–Crippen MR) is 105 cm³/mol. The van der Waals surface area contributed by atoms with Crippen LogP contribution in [0.15, 0.2) is 53.7 Å². The summed E-state index contributed by atoms with van der Waals surface area (Å²) in [4.78, 5) is 38.2. The quantitative estimate of drug-likeness (QED) is 0.527. The minimum atomic E-state index is -0.807. The summed E-state index contributed by atoms with van der Waals surface area (Å²) >= 11 is 6.22. The number of halogens is 2. The van der Waals surface area contributed by atoms with Crippen molar-refractivity contribution in [2.75, 3.05) is 4.90 Å². The van der Waals surface area contributed by atoms with Gasteiger partial charge in [0.15, 0.2) is 5.78 Å².